The van der Waals surface area contributed by atoms with Gasteiger partial charge in [0, 0.05) is 4.88 Å². The zero-order valence-corrected chi connectivity index (χ0v) is 12.9. The molecule has 0 aliphatic heterocycles. The summed E-state index contributed by atoms with van der Waals surface area (Å²) in [7, 11) is 0. The third-order valence-electron chi connectivity index (χ3n) is 3.15. The molecule has 0 aliphatic carbocycles. The number of hydrogen-bond donors (Lipinski definition) is 0. The molecule has 20 heavy (non-hydrogen) atoms. The highest BCUT2D eigenvalue weighted by atomic mass is 35.5. The first-order valence-electron chi connectivity index (χ1n) is 6.29. The van der Waals surface area contributed by atoms with Gasteiger partial charge in [-0.3, -0.25) is 0 Å². The van der Waals surface area contributed by atoms with E-state index < -0.39 is 0 Å². The van der Waals surface area contributed by atoms with Crippen molar-refractivity contribution < 1.29 is 0 Å². The molecule has 0 aliphatic rings. The maximum Gasteiger partial charge on any atom is 0.0931 e. The molecule has 1 atom stereocenters. The van der Waals surface area contributed by atoms with Crippen molar-refractivity contribution in [1.82, 2.24) is 0 Å². The molecule has 0 fully saturated rings. The molecule has 0 spiro atoms. The van der Waals surface area contributed by atoms with Crippen LogP contribution in [-0.2, 0) is 0 Å². The van der Waals surface area contributed by atoms with Gasteiger partial charge in [0.2, 0.25) is 0 Å². The fraction of sp³-hybridized carbons (Fsp3) is 0.0588. The quantitative estimate of drug-likeness (QED) is 0.490. The van der Waals surface area contributed by atoms with Crippen LogP contribution in [0.4, 0.5) is 0 Å². The van der Waals surface area contributed by atoms with E-state index in [1.54, 1.807) is 0 Å². The molecule has 100 valence electrons. The van der Waals surface area contributed by atoms with E-state index in [0.29, 0.717) is 0 Å². The average Bonchev–Trinajstić information content (AvgIpc) is 2.94. The lowest BCUT2D eigenvalue weighted by Gasteiger charge is -2.09. The minimum Gasteiger partial charge on any atom is -0.127 e. The first kappa shape index (κ1) is 13.7. The van der Waals surface area contributed by atoms with Crippen molar-refractivity contribution >= 4 is 34.5 Å². The summed E-state index contributed by atoms with van der Waals surface area (Å²) in [5.41, 5.74) is 3.50. The van der Waals surface area contributed by atoms with Crippen LogP contribution in [0, 0.1) is 0 Å². The van der Waals surface area contributed by atoms with Crippen LogP contribution in [-0.4, -0.2) is 0 Å². The first-order chi connectivity index (χ1) is 9.74. The summed E-state index contributed by atoms with van der Waals surface area (Å²) < 4.78 is 0.770. The smallest absolute Gasteiger partial charge is 0.0931 e. The Kier molecular flexibility index (Phi) is 4.11. The van der Waals surface area contributed by atoms with Gasteiger partial charge in [0.15, 0.2) is 0 Å². The molecule has 0 saturated carbocycles. The maximum absolute atomic E-state index is 6.50. The topological polar surface area (TPSA) is 0 Å². The number of halogens is 2. The molecule has 0 N–H and O–H groups in total. The summed E-state index contributed by atoms with van der Waals surface area (Å²) >= 11 is 14.0. The van der Waals surface area contributed by atoms with E-state index in [1.165, 1.54) is 22.5 Å². The highest BCUT2D eigenvalue weighted by Crippen LogP contribution is 2.36. The van der Waals surface area contributed by atoms with Gasteiger partial charge < -0.3 is 0 Å². The Hall–Kier alpha value is -1.28. The Morgan fingerprint density at radius 1 is 0.750 bits per heavy atom. The van der Waals surface area contributed by atoms with Gasteiger partial charge >= 0.3 is 0 Å². The van der Waals surface area contributed by atoms with Crippen LogP contribution in [0.15, 0.2) is 66.7 Å². The first-order valence-corrected chi connectivity index (χ1v) is 7.92. The summed E-state index contributed by atoms with van der Waals surface area (Å²) in [5, 5.41) is -0.141. The summed E-state index contributed by atoms with van der Waals surface area (Å²) in [5.74, 6) is 0. The van der Waals surface area contributed by atoms with Gasteiger partial charge in [0.25, 0.3) is 0 Å². The normalized spacial score (nSPS) is 12.3. The number of alkyl halides is 1. The number of hydrogen-bond acceptors (Lipinski definition) is 1. The summed E-state index contributed by atoms with van der Waals surface area (Å²) in [4.78, 5) is 1.07. The molecule has 3 rings (SSSR count). The molecule has 1 unspecified atom stereocenters. The summed E-state index contributed by atoms with van der Waals surface area (Å²) in [6.45, 7) is 0. The molecule has 0 saturated heterocycles. The predicted octanol–water partition coefficient (Wildman–Crippen LogP) is 6.40. The second kappa shape index (κ2) is 6.01. The van der Waals surface area contributed by atoms with E-state index in [2.05, 4.69) is 36.4 Å². The van der Waals surface area contributed by atoms with E-state index in [4.69, 9.17) is 23.2 Å². The van der Waals surface area contributed by atoms with Gasteiger partial charge in [-0.15, -0.1) is 22.9 Å². The van der Waals surface area contributed by atoms with Crippen molar-refractivity contribution in [3.63, 3.8) is 0 Å². The lowest BCUT2D eigenvalue weighted by Crippen LogP contribution is -1.89. The molecule has 3 heteroatoms. The SMILES string of the molecule is Clc1ccc(C(Cl)c2ccc(-c3ccccc3)cc2)s1. The van der Waals surface area contributed by atoms with Crippen LogP contribution in [0.1, 0.15) is 15.8 Å². The van der Waals surface area contributed by atoms with Crippen molar-refractivity contribution in [3.05, 3.63) is 81.5 Å². The Bertz CT molecular complexity index is 687. The molecule has 0 nitrogen and oxygen atoms in total. The molecule has 0 amide bonds. The molecular formula is C17H12Cl2S. The number of rotatable bonds is 3. The molecule has 0 bridgehead atoms. The molecular weight excluding hydrogens is 307 g/mol. The van der Waals surface area contributed by atoms with Gasteiger partial charge in [-0.1, -0.05) is 66.2 Å². The average molecular weight is 319 g/mol. The second-order valence-electron chi connectivity index (χ2n) is 4.49. The monoisotopic (exact) mass is 318 g/mol. The van der Waals surface area contributed by atoms with Gasteiger partial charge in [-0.05, 0) is 28.8 Å². The van der Waals surface area contributed by atoms with Crippen molar-refractivity contribution in [2.45, 2.75) is 5.38 Å². The third kappa shape index (κ3) is 2.90. The second-order valence-corrected chi connectivity index (χ2v) is 6.68. The van der Waals surface area contributed by atoms with Crippen molar-refractivity contribution in [1.29, 1.82) is 0 Å². The molecule has 1 aromatic heterocycles. The summed E-state index contributed by atoms with van der Waals surface area (Å²) in [6, 6.07) is 22.5. The van der Waals surface area contributed by atoms with E-state index in [1.807, 2.05) is 30.3 Å². The van der Waals surface area contributed by atoms with Crippen LogP contribution in [0.5, 0.6) is 0 Å². The molecule has 0 radical (unpaired) electrons. The van der Waals surface area contributed by atoms with E-state index in [0.717, 1.165) is 14.8 Å². The summed E-state index contributed by atoms with van der Waals surface area (Å²) in [6.07, 6.45) is 0. The van der Waals surface area contributed by atoms with Gasteiger partial charge in [0.1, 0.15) is 0 Å². The van der Waals surface area contributed by atoms with Crippen LogP contribution in [0.2, 0.25) is 4.34 Å². The Morgan fingerprint density at radius 3 is 2.00 bits per heavy atom. The minimum absolute atomic E-state index is 0.141. The lowest BCUT2D eigenvalue weighted by molar-refractivity contribution is 1.19. The minimum atomic E-state index is -0.141. The van der Waals surface area contributed by atoms with Crippen LogP contribution >= 0.6 is 34.5 Å². The van der Waals surface area contributed by atoms with Crippen LogP contribution in [0.25, 0.3) is 11.1 Å². The Balaban J connectivity index is 1.86. The molecule has 1 heterocycles. The van der Waals surface area contributed by atoms with Gasteiger partial charge in [-0.2, -0.15) is 0 Å². The van der Waals surface area contributed by atoms with Crippen LogP contribution in [0.3, 0.4) is 0 Å². The van der Waals surface area contributed by atoms with Crippen molar-refractivity contribution in [2.75, 3.05) is 0 Å². The van der Waals surface area contributed by atoms with Crippen molar-refractivity contribution in [3.8, 4) is 11.1 Å². The van der Waals surface area contributed by atoms with E-state index in [-0.39, 0.29) is 5.38 Å². The number of benzene rings is 2. The standard InChI is InChI=1S/C17H12Cl2S/c18-16-11-10-15(20-16)17(19)14-8-6-13(7-9-14)12-4-2-1-3-5-12/h1-11,17H. The van der Waals surface area contributed by atoms with Gasteiger partial charge in [-0.25, -0.2) is 0 Å². The highest BCUT2D eigenvalue weighted by Gasteiger charge is 2.13. The van der Waals surface area contributed by atoms with Crippen molar-refractivity contribution in [2.24, 2.45) is 0 Å². The van der Waals surface area contributed by atoms with Crippen LogP contribution < -0.4 is 0 Å². The van der Waals surface area contributed by atoms with E-state index >= 15 is 0 Å². The van der Waals surface area contributed by atoms with E-state index in [9.17, 15) is 0 Å². The highest BCUT2D eigenvalue weighted by molar-refractivity contribution is 7.16. The zero-order valence-electron chi connectivity index (χ0n) is 10.6. The fourth-order valence-electron chi connectivity index (χ4n) is 2.10. The zero-order chi connectivity index (χ0) is 13.9. The lowest BCUT2D eigenvalue weighted by atomic mass is 10.0. The number of thiophene rings is 1. The molecule has 2 aromatic carbocycles. The maximum atomic E-state index is 6.50. The largest absolute Gasteiger partial charge is 0.127 e. The third-order valence-corrected chi connectivity index (χ3v) is 5.07. The Morgan fingerprint density at radius 2 is 1.40 bits per heavy atom. The van der Waals surface area contributed by atoms with Gasteiger partial charge in [0.05, 0.1) is 9.71 Å². The Labute approximate surface area is 132 Å². The fourth-order valence-corrected chi connectivity index (χ4v) is 3.52. The predicted molar refractivity (Wildman–Crippen MR) is 88.9 cm³/mol. The molecule has 3 aromatic rings.